The van der Waals surface area contributed by atoms with E-state index in [0.717, 1.165) is 36.4 Å². The molecule has 0 aliphatic carbocycles. The van der Waals surface area contributed by atoms with Crippen LogP contribution in [0.25, 0.3) is 0 Å². The molecule has 2 fully saturated rings. The molecule has 3 heterocycles. The Morgan fingerprint density at radius 2 is 1.75 bits per heavy atom. The summed E-state index contributed by atoms with van der Waals surface area (Å²) in [7, 11) is 2.22. The van der Waals surface area contributed by atoms with Gasteiger partial charge in [-0.25, -0.2) is 0 Å². The lowest BCUT2D eigenvalue weighted by atomic mass is 10.0. The van der Waals surface area contributed by atoms with E-state index in [4.69, 9.17) is 0 Å². The number of aromatic nitrogens is 2. The molecule has 4 heteroatoms. The zero-order chi connectivity index (χ0) is 11.1. The smallest absolute Gasteiger partial charge is 0.151 e. The first-order chi connectivity index (χ1) is 7.72. The summed E-state index contributed by atoms with van der Waals surface area (Å²) in [6.45, 7) is 6.74. The Kier molecular flexibility index (Phi) is 2.32. The highest BCUT2D eigenvalue weighted by molar-refractivity contribution is 5.39. The molecule has 0 aromatic carbocycles. The van der Waals surface area contributed by atoms with Gasteiger partial charge in [0, 0.05) is 26.2 Å². The van der Waals surface area contributed by atoms with Crippen LogP contribution in [0.2, 0.25) is 0 Å². The number of aryl methyl sites for hydroxylation is 1. The van der Waals surface area contributed by atoms with E-state index in [2.05, 4.69) is 33.1 Å². The Hall–Kier alpha value is -1.16. The summed E-state index contributed by atoms with van der Waals surface area (Å²) in [6.07, 6.45) is 0. The number of anilines is 1. The first-order valence-corrected chi connectivity index (χ1v) is 5.96. The molecule has 2 unspecified atom stereocenters. The van der Waals surface area contributed by atoms with E-state index in [-0.39, 0.29) is 0 Å². The fraction of sp³-hybridized carbons (Fsp3) is 0.667. The normalized spacial score (nSPS) is 29.8. The van der Waals surface area contributed by atoms with Crippen LogP contribution in [-0.4, -0.2) is 48.3 Å². The van der Waals surface area contributed by atoms with Crippen LogP contribution in [0.15, 0.2) is 12.1 Å². The summed E-state index contributed by atoms with van der Waals surface area (Å²) in [5.41, 5.74) is 0.989. The summed E-state index contributed by atoms with van der Waals surface area (Å²) in [5, 5.41) is 8.40. The highest BCUT2D eigenvalue weighted by Crippen LogP contribution is 2.32. The molecule has 4 nitrogen and oxygen atoms in total. The Labute approximate surface area is 96.3 Å². The molecule has 0 N–H and O–H groups in total. The maximum absolute atomic E-state index is 4.27. The molecule has 86 valence electrons. The first-order valence-electron chi connectivity index (χ1n) is 5.96. The largest absolute Gasteiger partial charge is 0.354 e. The predicted octanol–water partition coefficient (Wildman–Crippen LogP) is 0.783. The Balaban J connectivity index is 1.73. The predicted molar refractivity (Wildman–Crippen MR) is 63.5 cm³/mol. The highest BCUT2D eigenvalue weighted by Gasteiger charge is 2.39. The van der Waals surface area contributed by atoms with Crippen molar-refractivity contribution in [3.63, 3.8) is 0 Å². The summed E-state index contributed by atoms with van der Waals surface area (Å²) < 4.78 is 0. The summed E-state index contributed by atoms with van der Waals surface area (Å²) in [5.74, 6) is 2.70. The fourth-order valence-corrected chi connectivity index (χ4v) is 2.98. The van der Waals surface area contributed by atoms with Crippen molar-refractivity contribution in [3.8, 4) is 0 Å². The van der Waals surface area contributed by atoms with Crippen molar-refractivity contribution in [2.45, 2.75) is 6.92 Å². The van der Waals surface area contributed by atoms with Crippen molar-refractivity contribution in [2.75, 3.05) is 38.1 Å². The van der Waals surface area contributed by atoms with Crippen LogP contribution in [0, 0.1) is 18.8 Å². The summed E-state index contributed by atoms with van der Waals surface area (Å²) in [6, 6.07) is 4.13. The zero-order valence-electron chi connectivity index (χ0n) is 9.93. The molecule has 16 heavy (non-hydrogen) atoms. The molecule has 0 radical (unpaired) electrons. The van der Waals surface area contributed by atoms with Crippen molar-refractivity contribution in [1.82, 2.24) is 15.1 Å². The molecule has 2 atom stereocenters. The van der Waals surface area contributed by atoms with Gasteiger partial charge in [-0.05, 0) is 37.9 Å². The molecule has 0 amide bonds. The Bertz CT molecular complexity index is 361. The molecular weight excluding hydrogens is 200 g/mol. The average molecular weight is 218 g/mol. The van der Waals surface area contributed by atoms with Crippen molar-refractivity contribution in [2.24, 2.45) is 11.8 Å². The van der Waals surface area contributed by atoms with E-state index in [1.807, 2.05) is 13.0 Å². The molecule has 2 aliphatic rings. The minimum absolute atomic E-state index is 0.827. The topological polar surface area (TPSA) is 32.3 Å². The monoisotopic (exact) mass is 218 g/mol. The van der Waals surface area contributed by atoms with E-state index in [1.165, 1.54) is 13.1 Å². The van der Waals surface area contributed by atoms with Gasteiger partial charge in [-0.1, -0.05) is 0 Å². The number of nitrogens with zero attached hydrogens (tertiary/aromatic N) is 4. The van der Waals surface area contributed by atoms with Crippen molar-refractivity contribution < 1.29 is 0 Å². The van der Waals surface area contributed by atoms with E-state index >= 15 is 0 Å². The maximum Gasteiger partial charge on any atom is 0.151 e. The lowest BCUT2D eigenvalue weighted by Gasteiger charge is -2.19. The quantitative estimate of drug-likeness (QED) is 0.697. The van der Waals surface area contributed by atoms with E-state index < -0.39 is 0 Å². The lowest BCUT2D eigenvalue weighted by Crippen LogP contribution is -2.27. The molecule has 0 saturated carbocycles. The van der Waals surface area contributed by atoms with Crippen molar-refractivity contribution >= 4 is 5.82 Å². The van der Waals surface area contributed by atoms with Crippen LogP contribution in [0.4, 0.5) is 5.82 Å². The van der Waals surface area contributed by atoms with Crippen LogP contribution in [0.5, 0.6) is 0 Å². The highest BCUT2D eigenvalue weighted by atomic mass is 15.3. The second-order valence-corrected chi connectivity index (χ2v) is 5.18. The molecule has 1 aromatic heterocycles. The number of fused-ring (bicyclic) bond motifs is 1. The second-order valence-electron chi connectivity index (χ2n) is 5.18. The number of hydrogen-bond donors (Lipinski definition) is 0. The Morgan fingerprint density at radius 3 is 2.31 bits per heavy atom. The van der Waals surface area contributed by atoms with Crippen molar-refractivity contribution in [1.29, 1.82) is 0 Å². The average Bonchev–Trinajstić information content (AvgIpc) is 2.75. The van der Waals surface area contributed by atoms with Gasteiger partial charge in [-0.2, -0.15) is 5.10 Å². The van der Waals surface area contributed by atoms with Gasteiger partial charge in [0.05, 0.1) is 5.69 Å². The van der Waals surface area contributed by atoms with Gasteiger partial charge in [0.25, 0.3) is 0 Å². The van der Waals surface area contributed by atoms with Gasteiger partial charge in [0.15, 0.2) is 5.82 Å². The number of hydrogen-bond acceptors (Lipinski definition) is 4. The van der Waals surface area contributed by atoms with Gasteiger partial charge < -0.3 is 9.80 Å². The molecule has 2 aliphatic heterocycles. The molecule has 3 rings (SSSR count). The standard InChI is InChI=1S/C12H18N4/c1-9-3-4-12(14-13-9)16-7-10-5-15(2)6-11(10)8-16/h3-4,10-11H,5-8H2,1-2H3. The van der Waals surface area contributed by atoms with E-state index in [0.29, 0.717) is 0 Å². The summed E-state index contributed by atoms with van der Waals surface area (Å²) >= 11 is 0. The Morgan fingerprint density at radius 1 is 1.06 bits per heavy atom. The third kappa shape index (κ3) is 1.67. The SMILES string of the molecule is Cc1ccc(N2CC3CN(C)CC3C2)nn1. The minimum atomic E-state index is 0.827. The molecular formula is C12H18N4. The van der Waals surface area contributed by atoms with Crippen LogP contribution in [0.3, 0.4) is 0 Å². The lowest BCUT2D eigenvalue weighted by molar-refractivity contribution is 0.386. The third-order valence-electron chi connectivity index (χ3n) is 3.78. The number of likely N-dealkylation sites (tertiary alicyclic amines) is 1. The van der Waals surface area contributed by atoms with Gasteiger partial charge in [0.1, 0.15) is 0 Å². The molecule has 0 spiro atoms. The second kappa shape index (κ2) is 3.70. The molecule has 2 saturated heterocycles. The van der Waals surface area contributed by atoms with Crippen molar-refractivity contribution in [3.05, 3.63) is 17.8 Å². The summed E-state index contributed by atoms with van der Waals surface area (Å²) in [4.78, 5) is 4.82. The van der Waals surface area contributed by atoms with Gasteiger partial charge in [-0.3, -0.25) is 0 Å². The van der Waals surface area contributed by atoms with Gasteiger partial charge in [-0.15, -0.1) is 5.10 Å². The fourth-order valence-electron chi connectivity index (χ4n) is 2.98. The van der Waals surface area contributed by atoms with E-state index in [9.17, 15) is 0 Å². The maximum atomic E-state index is 4.27. The van der Waals surface area contributed by atoms with Crippen LogP contribution in [0.1, 0.15) is 5.69 Å². The van der Waals surface area contributed by atoms with Crippen LogP contribution < -0.4 is 4.90 Å². The number of rotatable bonds is 1. The van der Waals surface area contributed by atoms with Gasteiger partial charge in [0.2, 0.25) is 0 Å². The third-order valence-corrected chi connectivity index (χ3v) is 3.78. The van der Waals surface area contributed by atoms with E-state index in [1.54, 1.807) is 0 Å². The van der Waals surface area contributed by atoms with Gasteiger partial charge >= 0.3 is 0 Å². The zero-order valence-corrected chi connectivity index (χ0v) is 9.93. The van der Waals surface area contributed by atoms with Crippen LogP contribution in [-0.2, 0) is 0 Å². The first kappa shape index (κ1) is 10.0. The van der Waals surface area contributed by atoms with Crippen LogP contribution >= 0.6 is 0 Å². The minimum Gasteiger partial charge on any atom is -0.354 e. The molecule has 1 aromatic rings. The molecule has 0 bridgehead atoms.